The molecule has 4 aliphatic heterocycles. The average molecular weight is 695 g/mol. The van der Waals surface area contributed by atoms with Crippen LogP contribution in [0.15, 0.2) is 46.9 Å². The number of rotatable bonds is 6. The van der Waals surface area contributed by atoms with E-state index in [9.17, 15) is 14.4 Å². The Hall–Kier alpha value is -3.11. The molecule has 0 bridgehead atoms. The third kappa shape index (κ3) is 7.71. The zero-order chi connectivity index (χ0) is 32.2. The summed E-state index contributed by atoms with van der Waals surface area (Å²) in [4.78, 5) is 48.6. The van der Waals surface area contributed by atoms with E-state index >= 15 is 0 Å². The van der Waals surface area contributed by atoms with Gasteiger partial charge in [-0.3, -0.25) is 4.79 Å². The van der Waals surface area contributed by atoms with Crippen molar-refractivity contribution in [1.29, 1.82) is 0 Å². The number of nitrogens with one attached hydrogen (secondary N) is 1. The largest absolute Gasteiger partial charge is 0.436 e. The lowest BCUT2D eigenvalue weighted by molar-refractivity contribution is -0.142. The second-order valence-corrected chi connectivity index (χ2v) is 14.6. The Morgan fingerprint density at radius 3 is 2.24 bits per heavy atom. The lowest BCUT2D eigenvalue weighted by Gasteiger charge is -2.40. The highest BCUT2D eigenvalue weighted by atomic mass is 79.9. The second-order valence-electron chi connectivity index (χ2n) is 13.7. The first-order valence-corrected chi connectivity index (χ1v) is 17.9. The van der Waals surface area contributed by atoms with Crippen molar-refractivity contribution in [1.82, 2.24) is 19.6 Å². The van der Waals surface area contributed by atoms with Crippen LogP contribution in [-0.2, 0) is 22.4 Å². The average Bonchev–Trinajstić information content (AvgIpc) is 3.24. The summed E-state index contributed by atoms with van der Waals surface area (Å²) in [5, 5.41) is 3.06. The van der Waals surface area contributed by atoms with Crippen LogP contribution in [0.1, 0.15) is 55.2 Å². The van der Waals surface area contributed by atoms with E-state index in [1.807, 2.05) is 53.1 Å². The van der Waals surface area contributed by atoms with Crippen LogP contribution in [0.2, 0.25) is 0 Å². The van der Waals surface area contributed by atoms with E-state index < -0.39 is 12.2 Å². The number of urea groups is 1. The van der Waals surface area contributed by atoms with Gasteiger partial charge in [-0.25, -0.2) is 9.59 Å². The number of fused-ring (bicyclic) bond motifs is 1. The molecule has 4 heterocycles. The van der Waals surface area contributed by atoms with Crippen molar-refractivity contribution in [2.45, 2.75) is 70.4 Å². The number of hydrogen-bond acceptors (Lipinski definition) is 5. The number of ether oxygens (including phenoxy) is 1. The molecule has 248 valence electrons. The molecule has 1 atom stereocenters. The van der Waals surface area contributed by atoms with E-state index in [4.69, 9.17) is 4.74 Å². The molecule has 3 fully saturated rings. The van der Waals surface area contributed by atoms with Crippen LogP contribution in [-0.4, -0.2) is 103 Å². The SMILES string of the molecule is Cc1ccc(C[C@@H](OC(=O)N2CCC(N3CCc4ccccc4NC3=O)CC2)C(=O)N2CCC(C3CCN(C)CC3)CC2)cc1Br. The fourth-order valence-electron chi connectivity index (χ4n) is 7.75. The van der Waals surface area contributed by atoms with Crippen LogP contribution in [0.3, 0.4) is 0 Å². The van der Waals surface area contributed by atoms with Gasteiger partial charge in [0, 0.05) is 55.3 Å². The number of nitrogens with zero attached hydrogens (tertiary/aromatic N) is 4. The topological polar surface area (TPSA) is 85.4 Å². The van der Waals surface area contributed by atoms with Crippen LogP contribution in [0.25, 0.3) is 0 Å². The quantitative estimate of drug-likeness (QED) is 0.405. The van der Waals surface area contributed by atoms with Gasteiger partial charge in [0.15, 0.2) is 6.10 Å². The number of para-hydroxylation sites is 1. The number of piperidine rings is 3. The fourth-order valence-corrected chi connectivity index (χ4v) is 8.17. The highest BCUT2D eigenvalue weighted by molar-refractivity contribution is 9.10. The van der Waals surface area contributed by atoms with Gasteiger partial charge >= 0.3 is 12.1 Å². The molecular formula is C36H48BrN5O4. The summed E-state index contributed by atoms with van der Waals surface area (Å²) in [6, 6.07) is 14.0. The van der Waals surface area contributed by atoms with Gasteiger partial charge < -0.3 is 29.7 Å². The predicted octanol–water partition coefficient (Wildman–Crippen LogP) is 5.94. The van der Waals surface area contributed by atoms with Gasteiger partial charge in [0.25, 0.3) is 5.91 Å². The molecule has 1 N–H and O–H groups in total. The summed E-state index contributed by atoms with van der Waals surface area (Å²) >= 11 is 3.62. The predicted molar refractivity (Wildman–Crippen MR) is 183 cm³/mol. The molecule has 9 nitrogen and oxygen atoms in total. The first-order valence-electron chi connectivity index (χ1n) is 17.1. The molecule has 3 saturated heterocycles. The van der Waals surface area contributed by atoms with E-state index in [0.717, 1.165) is 65.1 Å². The van der Waals surface area contributed by atoms with Gasteiger partial charge in [-0.05, 0) is 113 Å². The molecule has 0 saturated carbocycles. The molecule has 46 heavy (non-hydrogen) atoms. The Bertz CT molecular complexity index is 1400. The van der Waals surface area contributed by atoms with Crippen molar-refractivity contribution >= 4 is 39.6 Å². The van der Waals surface area contributed by atoms with Crippen molar-refractivity contribution in [3.8, 4) is 0 Å². The Morgan fingerprint density at radius 1 is 0.891 bits per heavy atom. The van der Waals surface area contributed by atoms with Crippen molar-refractivity contribution in [3.63, 3.8) is 0 Å². The Morgan fingerprint density at radius 2 is 1.54 bits per heavy atom. The zero-order valence-corrected chi connectivity index (χ0v) is 28.8. The first-order chi connectivity index (χ1) is 22.2. The molecule has 0 aromatic heterocycles. The third-order valence-corrected chi connectivity index (χ3v) is 11.6. The van der Waals surface area contributed by atoms with E-state index in [2.05, 4.69) is 39.3 Å². The maximum atomic E-state index is 14.0. The molecule has 6 rings (SSSR count). The summed E-state index contributed by atoms with van der Waals surface area (Å²) in [7, 11) is 2.20. The van der Waals surface area contributed by atoms with Crippen molar-refractivity contribution in [3.05, 3.63) is 63.6 Å². The van der Waals surface area contributed by atoms with Gasteiger partial charge in [0.05, 0.1) is 0 Å². The maximum Gasteiger partial charge on any atom is 0.410 e. The number of likely N-dealkylation sites (tertiary alicyclic amines) is 3. The number of carbonyl (C=O) groups excluding carboxylic acids is 3. The maximum absolute atomic E-state index is 14.0. The lowest BCUT2D eigenvalue weighted by Crippen LogP contribution is -2.52. The highest BCUT2D eigenvalue weighted by Gasteiger charge is 2.36. The molecule has 2 aromatic rings. The number of anilines is 1. The van der Waals surface area contributed by atoms with Gasteiger partial charge in [-0.1, -0.05) is 46.3 Å². The standard InChI is InChI=1S/C36H48BrN5O4/c1-25-7-8-26(23-31(25)37)24-33(34(43)40-18-11-28(12-19-40)27-9-16-39(2)17-10-27)46-36(45)41-20-14-30(15-21-41)42-22-13-29-5-3-4-6-32(29)38-35(42)44/h3-8,23,27-28,30,33H,9-22,24H2,1-2H3,(H,38,44)/t33-/m1/s1. The number of carbonyl (C=O) groups is 3. The second kappa shape index (κ2) is 14.8. The van der Waals surface area contributed by atoms with E-state index in [1.54, 1.807) is 4.90 Å². The van der Waals surface area contributed by atoms with Crippen LogP contribution < -0.4 is 5.32 Å². The number of aryl methyl sites for hydroxylation is 1. The van der Waals surface area contributed by atoms with Crippen molar-refractivity contribution < 1.29 is 19.1 Å². The monoisotopic (exact) mass is 693 g/mol. The molecule has 0 spiro atoms. The molecule has 2 aromatic carbocycles. The zero-order valence-electron chi connectivity index (χ0n) is 27.3. The minimum atomic E-state index is -0.880. The van der Waals surface area contributed by atoms with Gasteiger partial charge in [0.1, 0.15) is 0 Å². The van der Waals surface area contributed by atoms with Gasteiger partial charge in [0.2, 0.25) is 0 Å². The Labute approximate surface area is 281 Å². The van der Waals surface area contributed by atoms with Gasteiger partial charge in [-0.2, -0.15) is 0 Å². The molecule has 0 unspecified atom stereocenters. The number of hydrogen-bond donors (Lipinski definition) is 1. The lowest BCUT2D eigenvalue weighted by atomic mass is 9.79. The summed E-state index contributed by atoms with van der Waals surface area (Å²) in [6.07, 6.45) is 5.66. The molecule has 0 aliphatic carbocycles. The molecule has 4 amide bonds. The molecular weight excluding hydrogens is 646 g/mol. The minimum Gasteiger partial charge on any atom is -0.436 e. The van der Waals surface area contributed by atoms with Gasteiger partial charge in [-0.15, -0.1) is 0 Å². The van der Waals surface area contributed by atoms with Crippen LogP contribution in [0.4, 0.5) is 15.3 Å². The van der Waals surface area contributed by atoms with Crippen LogP contribution in [0, 0.1) is 18.8 Å². The van der Waals surface area contributed by atoms with Crippen molar-refractivity contribution in [2.24, 2.45) is 11.8 Å². The van der Waals surface area contributed by atoms with Crippen LogP contribution in [0.5, 0.6) is 0 Å². The summed E-state index contributed by atoms with van der Waals surface area (Å²) in [5.41, 5.74) is 4.08. The highest BCUT2D eigenvalue weighted by Crippen LogP contribution is 2.33. The summed E-state index contributed by atoms with van der Waals surface area (Å²) < 4.78 is 7.06. The Balaban J connectivity index is 1.07. The first kappa shape index (κ1) is 32.8. The summed E-state index contributed by atoms with van der Waals surface area (Å²) in [6.45, 7) is 7.40. The molecule has 0 radical (unpaired) electrons. The number of halogens is 1. The summed E-state index contributed by atoms with van der Waals surface area (Å²) in [5.74, 6) is 1.31. The smallest absolute Gasteiger partial charge is 0.410 e. The Kier molecular flexibility index (Phi) is 10.5. The molecule has 4 aliphatic rings. The number of benzene rings is 2. The molecule has 10 heteroatoms. The van der Waals surface area contributed by atoms with E-state index in [1.165, 1.54) is 12.8 Å². The van der Waals surface area contributed by atoms with E-state index in [-0.39, 0.29) is 18.0 Å². The normalized spacial score (nSPS) is 21.4. The minimum absolute atomic E-state index is 0.0477. The fraction of sp³-hybridized carbons (Fsp3) is 0.583. The van der Waals surface area contributed by atoms with E-state index in [0.29, 0.717) is 57.9 Å². The number of amides is 4. The third-order valence-electron chi connectivity index (χ3n) is 10.8. The van der Waals surface area contributed by atoms with Crippen LogP contribution >= 0.6 is 15.9 Å². The van der Waals surface area contributed by atoms with Crippen molar-refractivity contribution in [2.75, 3.05) is 58.2 Å².